The predicted octanol–water partition coefficient (Wildman–Crippen LogP) is 0.651. The van der Waals surface area contributed by atoms with Gasteiger partial charge in [0.2, 0.25) is 5.91 Å². The number of carbonyl (C=O) groups excluding carboxylic acids is 1. The van der Waals surface area contributed by atoms with Gasteiger partial charge in [0.1, 0.15) is 9.84 Å². The fraction of sp³-hybridized carbons (Fsp3) is 0.400. The number of para-hydroxylation sites is 1. The first-order valence-electron chi connectivity index (χ1n) is 7.10. The van der Waals surface area contributed by atoms with Gasteiger partial charge in [0.25, 0.3) is 0 Å². The Morgan fingerprint density at radius 1 is 1.32 bits per heavy atom. The van der Waals surface area contributed by atoms with Gasteiger partial charge in [0, 0.05) is 49.4 Å². The van der Waals surface area contributed by atoms with E-state index >= 15 is 0 Å². The van der Waals surface area contributed by atoms with Crippen LogP contribution < -0.4 is 11.1 Å². The number of nitrogens with one attached hydrogen (secondary N) is 1. The van der Waals surface area contributed by atoms with Crippen LogP contribution in [0, 0.1) is 0 Å². The van der Waals surface area contributed by atoms with Crippen LogP contribution in [-0.4, -0.2) is 37.4 Å². The van der Waals surface area contributed by atoms with Gasteiger partial charge in [0.05, 0.1) is 5.75 Å². The average Bonchev–Trinajstić information content (AvgIpc) is 2.79. The average molecular weight is 323 g/mol. The number of aromatic nitrogens is 1. The molecule has 0 spiro atoms. The third-order valence-electron chi connectivity index (χ3n) is 3.44. The first kappa shape index (κ1) is 16.5. The van der Waals surface area contributed by atoms with E-state index in [1.54, 1.807) is 0 Å². The van der Waals surface area contributed by atoms with E-state index in [2.05, 4.69) is 5.32 Å². The van der Waals surface area contributed by atoms with Crippen molar-refractivity contribution in [2.24, 2.45) is 5.73 Å². The van der Waals surface area contributed by atoms with Gasteiger partial charge in [-0.05, 0) is 11.6 Å². The van der Waals surface area contributed by atoms with Crippen molar-refractivity contribution in [1.29, 1.82) is 0 Å². The Bertz CT molecular complexity index is 765. The molecule has 3 N–H and O–H groups in total. The molecule has 6 nitrogen and oxygen atoms in total. The molecule has 0 aliphatic carbocycles. The van der Waals surface area contributed by atoms with Crippen LogP contribution in [0.1, 0.15) is 12.0 Å². The zero-order valence-electron chi connectivity index (χ0n) is 12.6. The lowest BCUT2D eigenvalue weighted by atomic mass is 10.2. The highest BCUT2D eigenvalue weighted by molar-refractivity contribution is 7.90. The van der Waals surface area contributed by atoms with Crippen LogP contribution >= 0.6 is 0 Å². The smallest absolute Gasteiger partial charge is 0.219 e. The molecule has 1 heterocycles. The zero-order valence-corrected chi connectivity index (χ0v) is 13.4. The number of sulfone groups is 1. The molecule has 120 valence electrons. The van der Waals surface area contributed by atoms with E-state index < -0.39 is 9.84 Å². The highest BCUT2D eigenvalue weighted by Crippen LogP contribution is 2.21. The lowest BCUT2D eigenvalue weighted by Crippen LogP contribution is -2.21. The Hall–Kier alpha value is -1.86. The Balaban J connectivity index is 2.10. The molecule has 0 radical (unpaired) electrons. The molecule has 7 heteroatoms. The second-order valence-corrected chi connectivity index (χ2v) is 7.65. The van der Waals surface area contributed by atoms with E-state index in [-0.39, 0.29) is 11.7 Å². The fourth-order valence-electron chi connectivity index (χ4n) is 2.36. The lowest BCUT2D eigenvalue weighted by molar-refractivity contribution is -0.118. The number of hydrogen-bond acceptors (Lipinski definition) is 4. The molecule has 0 aliphatic rings. The molecule has 0 saturated carbocycles. The summed E-state index contributed by atoms with van der Waals surface area (Å²) in [6.45, 7) is 1.54. The first-order chi connectivity index (χ1) is 10.4. The molecule has 0 bridgehead atoms. The molecule has 1 aromatic carbocycles. The lowest BCUT2D eigenvalue weighted by Gasteiger charge is -2.03. The van der Waals surface area contributed by atoms with Gasteiger partial charge < -0.3 is 15.6 Å². The van der Waals surface area contributed by atoms with Crippen molar-refractivity contribution in [3.8, 4) is 0 Å². The Kier molecular flexibility index (Phi) is 5.20. The van der Waals surface area contributed by atoms with Crippen LogP contribution in [-0.2, 0) is 27.7 Å². The molecule has 2 rings (SSSR count). The molecular weight excluding hydrogens is 302 g/mol. The normalized spacial score (nSPS) is 11.9. The highest BCUT2D eigenvalue weighted by Gasteiger charge is 2.09. The quantitative estimate of drug-likeness (QED) is 0.698. The molecule has 0 unspecified atom stereocenters. The molecule has 0 aliphatic heterocycles. The Labute approximate surface area is 130 Å². The zero-order chi connectivity index (χ0) is 16.2. The topological polar surface area (TPSA) is 94.2 Å². The number of primary amides is 1. The summed E-state index contributed by atoms with van der Waals surface area (Å²) in [4.78, 5) is 11.0. The minimum Gasteiger partial charge on any atom is -0.370 e. The summed E-state index contributed by atoms with van der Waals surface area (Å²) >= 11 is 0. The van der Waals surface area contributed by atoms with E-state index in [4.69, 9.17) is 5.73 Å². The molecule has 1 aromatic heterocycles. The molecule has 22 heavy (non-hydrogen) atoms. The van der Waals surface area contributed by atoms with E-state index in [1.165, 1.54) is 6.26 Å². The second-order valence-electron chi connectivity index (χ2n) is 5.39. The van der Waals surface area contributed by atoms with Crippen LogP contribution in [0.2, 0.25) is 0 Å². The molecular formula is C15H21N3O3S. The van der Waals surface area contributed by atoms with E-state index in [0.717, 1.165) is 16.5 Å². The summed E-state index contributed by atoms with van der Waals surface area (Å²) in [6, 6.07) is 7.92. The van der Waals surface area contributed by atoms with Gasteiger partial charge in [-0.1, -0.05) is 18.2 Å². The number of benzene rings is 1. The van der Waals surface area contributed by atoms with Crippen LogP contribution in [0.3, 0.4) is 0 Å². The number of aryl methyl sites for hydroxylation is 1. The van der Waals surface area contributed by atoms with Crippen molar-refractivity contribution in [2.75, 3.05) is 18.6 Å². The third-order valence-corrected chi connectivity index (χ3v) is 4.38. The SMILES string of the molecule is CS(=O)(=O)CCNCc1cn(CCC(N)=O)c2ccccc12. The summed E-state index contributed by atoms with van der Waals surface area (Å²) in [5.74, 6) is -0.210. The minimum atomic E-state index is -2.95. The van der Waals surface area contributed by atoms with Crippen molar-refractivity contribution in [2.45, 2.75) is 19.5 Å². The van der Waals surface area contributed by atoms with Crippen molar-refractivity contribution < 1.29 is 13.2 Å². The van der Waals surface area contributed by atoms with Crippen LogP contribution in [0.15, 0.2) is 30.5 Å². The van der Waals surface area contributed by atoms with Crippen molar-refractivity contribution in [3.63, 3.8) is 0 Å². The van der Waals surface area contributed by atoms with Crippen molar-refractivity contribution in [3.05, 3.63) is 36.0 Å². The number of hydrogen-bond donors (Lipinski definition) is 2. The molecule has 0 saturated heterocycles. The largest absolute Gasteiger partial charge is 0.370 e. The molecule has 2 aromatic rings. The summed E-state index contributed by atoms with van der Waals surface area (Å²) in [6.07, 6.45) is 3.51. The molecule has 0 atom stereocenters. The monoisotopic (exact) mass is 323 g/mol. The van der Waals surface area contributed by atoms with E-state index in [1.807, 2.05) is 35.0 Å². The Morgan fingerprint density at radius 3 is 2.73 bits per heavy atom. The predicted molar refractivity (Wildman–Crippen MR) is 87.2 cm³/mol. The summed E-state index contributed by atoms with van der Waals surface area (Å²) in [5, 5.41) is 4.24. The van der Waals surface area contributed by atoms with Gasteiger partial charge in [0.15, 0.2) is 0 Å². The standard InChI is InChI=1S/C15H21N3O3S/c1-22(20,21)9-7-17-10-12-11-18(8-6-15(16)19)14-5-3-2-4-13(12)14/h2-5,11,17H,6-10H2,1H3,(H2,16,19). The van der Waals surface area contributed by atoms with Crippen molar-refractivity contribution in [1.82, 2.24) is 9.88 Å². The maximum absolute atomic E-state index is 11.1. The van der Waals surface area contributed by atoms with Crippen molar-refractivity contribution >= 4 is 26.6 Å². The highest BCUT2D eigenvalue weighted by atomic mass is 32.2. The van der Waals surface area contributed by atoms with Crippen LogP contribution in [0.25, 0.3) is 10.9 Å². The number of rotatable bonds is 8. The maximum atomic E-state index is 11.1. The maximum Gasteiger partial charge on any atom is 0.219 e. The van der Waals surface area contributed by atoms with Gasteiger partial charge in [-0.15, -0.1) is 0 Å². The van der Waals surface area contributed by atoms with E-state index in [9.17, 15) is 13.2 Å². The molecule has 1 amide bonds. The second kappa shape index (κ2) is 6.93. The Morgan fingerprint density at radius 2 is 2.05 bits per heavy atom. The number of carbonyl (C=O) groups is 1. The number of amides is 1. The van der Waals surface area contributed by atoms with E-state index in [0.29, 0.717) is 26.1 Å². The third kappa shape index (κ3) is 4.57. The van der Waals surface area contributed by atoms with Crippen LogP contribution in [0.4, 0.5) is 0 Å². The van der Waals surface area contributed by atoms with Gasteiger partial charge in [-0.25, -0.2) is 8.42 Å². The number of nitrogens with two attached hydrogens (primary N) is 1. The van der Waals surface area contributed by atoms with Crippen LogP contribution in [0.5, 0.6) is 0 Å². The molecule has 0 fully saturated rings. The minimum absolute atomic E-state index is 0.118. The summed E-state index contributed by atoms with van der Waals surface area (Å²) in [5.41, 5.74) is 7.33. The van der Waals surface area contributed by atoms with Gasteiger partial charge >= 0.3 is 0 Å². The van der Waals surface area contributed by atoms with Gasteiger partial charge in [-0.2, -0.15) is 0 Å². The number of nitrogens with zero attached hydrogens (tertiary/aromatic N) is 1. The van der Waals surface area contributed by atoms with Gasteiger partial charge in [-0.3, -0.25) is 4.79 Å². The summed E-state index contributed by atoms with van der Waals surface area (Å²) < 4.78 is 24.2. The number of fused-ring (bicyclic) bond motifs is 1. The first-order valence-corrected chi connectivity index (χ1v) is 9.16. The summed E-state index contributed by atoms with van der Waals surface area (Å²) in [7, 11) is -2.95. The fourth-order valence-corrected chi connectivity index (χ4v) is 2.88.